The third-order valence-corrected chi connectivity index (χ3v) is 5.93. The van der Waals surface area contributed by atoms with E-state index in [1.54, 1.807) is 42.9 Å². The zero-order valence-electron chi connectivity index (χ0n) is 18.7. The lowest BCUT2D eigenvalue weighted by molar-refractivity contribution is 0.0599. The molecule has 0 aliphatic heterocycles. The van der Waals surface area contributed by atoms with Crippen LogP contribution in [0.5, 0.6) is 0 Å². The summed E-state index contributed by atoms with van der Waals surface area (Å²) < 4.78 is 33.8. The lowest BCUT2D eigenvalue weighted by Gasteiger charge is -2.26. The fourth-order valence-electron chi connectivity index (χ4n) is 4.07. The molecule has 2 N–H and O–H groups in total. The van der Waals surface area contributed by atoms with Gasteiger partial charge in [-0.2, -0.15) is 0 Å². The maximum Gasteiger partial charge on any atom is 0.338 e. The normalized spacial score (nSPS) is 12.8. The molecule has 0 fully saturated rings. The molecular formula is C27H25F2N3O2. The predicted octanol–water partition coefficient (Wildman–Crippen LogP) is 5.02. The highest BCUT2D eigenvalue weighted by Gasteiger charge is 2.24. The van der Waals surface area contributed by atoms with Crippen LogP contribution in [-0.4, -0.2) is 22.6 Å². The van der Waals surface area contributed by atoms with Gasteiger partial charge in [-0.1, -0.05) is 36.4 Å². The number of esters is 1. The van der Waals surface area contributed by atoms with E-state index in [2.05, 4.69) is 4.98 Å². The number of nitrogens with two attached hydrogens (primary N) is 1. The van der Waals surface area contributed by atoms with Crippen LogP contribution in [0.4, 0.5) is 8.78 Å². The SMILES string of the molecule is COC(=O)c1cc(C(N)C(Cn2ccnc2)c2ccc(F)cc2)ccc1Cc1ccc(F)cc1. The molecular weight excluding hydrogens is 436 g/mol. The van der Waals surface area contributed by atoms with Crippen molar-refractivity contribution in [1.82, 2.24) is 9.55 Å². The van der Waals surface area contributed by atoms with Crippen LogP contribution < -0.4 is 5.73 Å². The highest BCUT2D eigenvalue weighted by molar-refractivity contribution is 5.91. The van der Waals surface area contributed by atoms with Gasteiger partial charge in [0.15, 0.2) is 0 Å². The highest BCUT2D eigenvalue weighted by atomic mass is 19.1. The second kappa shape index (κ2) is 10.4. The van der Waals surface area contributed by atoms with Gasteiger partial charge < -0.3 is 15.0 Å². The van der Waals surface area contributed by atoms with E-state index in [9.17, 15) is 13.6 Å². The van der Waals surface area contributed by atoms with E-state index in [0.29, 0.717) is 18.5 Å². The minimum atomic E-state index is -0.490. The second-order valence-corrected chi connectivity index (χ2v) is 8.15. The van der Waals surface area contributed by atoms with E-state index >= 15 is 0 Å². The predicted molar refractivity (Wildman–Crippen MR) is 125 cm³/mol. The van der Waals surface area contributed by atoms with Crippen molar-refractivity contribution in [3.8, 4) is 0 Å². The van der Waals surface area contributed by atoms with E-state index in [1.165, 1.54) is 31.4 Å². The molecule has 5 nitrogen and oxygen atoms in total. The first kappa shape index (κ1) is 23.3. The Morgan fingerprint density at radius 2 is 1.65 bits per heavy atom. The van der Waals surface area contributed by atoms with Gasteiger partial charge in [-0.3, -0.25) is 0 Å². The molecule has 34 heavy (non-hydrogen) atoms. The molecule has 174 valence electrons. The number of rotatable bonds is 8. The van der Waals surface area contributed by atoms with Crippen LogP contribution in [0.3, 0.4) is 0 Å². The first-order valence-corrected chi connectivity index (χ1v) is 10.9. The fourth-order valence-corrected chi connectivity index (χ4v) is 4.07. The van der Waals surface area contributed by atoms with E-state index in [-0.39, 0.29) is 17.6 Å². The Bertz CT molecular complexity index is 1240. The summed E-state index contributed by atoms with van der Waals surface area (Å²) in [6.45, 7) is 0.525. The molecule has 0 amide bonds. The molecule has 0 saturated heterocycles. The Kier molecular flexibility index (Phi) is 7.13. The summed E-state index contributed by atoms with van der Waals surface area (Å²) in [7, 11) is 1.33. The molecule has 3 aromatic carbocycles. The minimum Gasteiger partial charge on any atom is -0.465 e. The number of ether oxygens (including phenoxy) is 1. The van der Waals surface area contributed by atoms with Crippen LogP contribution in [-0.2, 0) is 17.7 Å². The van der Waals surface area contributed by atoms with Crippen molar-refractivity contribution in [2.75, 3.05) is 7.11 Å². The highest BCUT2D eigenvalue weighted by Crippen LogP contribution is 2.32. The minimum absolute atomic E-state index is 0.205. The van der Waals surface area contributed by atoms with Crippen LogP contribution in [0.2, 0.25) is 0 Å². The van der Waals surface area contributed by atoms with Gasteiger partial charge in [-0.05, 0) is 59.0 Å². The number of halogens is 2. The fraction of sp³-hybridized carbons (Fsp3) is 0.185. The Labute approximate surface area is 196 Å². The number of imidazole rings is 1. The Hall–Kier alpha value is -3.84. The van der Waals surface area contributed by atoms with Gasteiger partial charge in [0.2, 0.25) is 0 Å². The molecule has 4 rings (SSSR count). The van der Waals surface area contributed by atoms with Crippen molar-refractivity contribution in [1.29, 1.82) is 0 Å². The molecule has 2 atom stereocenters. The van der Waals surface area contributed by atoms with Crippen LogP contribution >= 0.6 is 0 Å². The molecule has 0 aliphatic carbocycles. The summed E-state index contributed by atoms with van der Waals surface area (Å²) in [6, 6.07) is 17.4. The molecule has 4 aromatic rings. The first-order chi connectivity index (χ1) is 16.4. The van der Waals surface area contributed by atoms with Crippen molar-refractivity contribution < 1.29 is 18.3 Å². The summed E-state index contributed by atoms with van der Waals surface area (Å²) in [5.41, 5.74) is 10.4. The largest absolute Gasteiger partial charge is 0.465 e. The average molecular weight is 462 g/mol. The van der Waals surface area contributed by atoms with Gasteiger partial charge in [-0.25, -0.2) is 18.6 Å². The number of carbonyl (C=O) groups excluding carboxylic acids is 1. The Morgan fingerprint density at radius 1 is 1.00 bits per heavy atom. The van der Waals surface area contributed by atoms with Crippen molar-refractivity contribution in [2.45, 2.75) is 24.9 Å². The molecule has 1 aromatic heterocycles. The molecule has 0 aliphatic rings. The third kappa shape index (κ3) is 5.38. The number of carbonyl (C=O) groups is 1. The Balaban J connectivity index is 1.69. The van der Waals surface area contributed by atoms with Gasteiger partial charge in [0.1, 0.15) is 11.6 Å². The first-order valence-electron chi connectivity index (χ1n) is 10.9. The number of hydrogen-bond donors (Lipinski definition) is 1. The van der Waals surface area contributed by atoms with Gasteiger partial charge in [0, 0.05) is 30.9 Å². The zero-order valence-corrected chi connectivity index (χ0v) is 18.7. The van der Waals surface area contributed by atoms with Crippen LogP contribution in [0.15, 0.2) is 85.5 Å². The third-order valence-electron chi connectivity index (χ3n) is 5.93. The van der Waals surface area contributed by atoms with Crippen LogP contribution in [0.25, 0.3) is 0 Å². The summed E-state index contributed by atoms with van der Waals surface area (Å²) in [4.78, 5) is 16.7. The number of aromatic nitrogens is 2. The van der Waals surface area contributed by atoms with E-state index < -0.39 is 12.0 Å². The molecule has 0 radical (unpaired) electrons. The Morgan fingerprint density at radius 3 is 2.26 bits per heavy atom. The van der Waals surface area contributed by atoms with E-state index in [1.807, 2.05) is 22.9 Å². The van der Waals surface area contributed by atoms with E-state index in [0.717, 1.165) is 22.3 Å². The van der Waals surface area contributed by atoms with Crippen molar-refractivity contribution in [2.24, 2.45) is 5.73 Å². The summed E-state index contributed by atoms with van der Waals surface area (Å²) in [5.74, 6) is -1.32. The van der Waals surface area contributed by atoms with Crippen molar-refractivity contribution >= 4 is 5.97 Å². The zero-order chi connectivity index (χ0) is 24.1. The molecule has 0 spiro atoms. The van der Waals surface area contributed by atoms with E-state index in [4.69, 9.17) is 10.5 Å². The quantitative estimate of drug-likeness (QED) is 0.374. The van der Waals surface area contributed by atoms with Crippen molar-refractivity contribution in [3.63, 3.8) is 0 Å². The second-order valence-electron chi connectivity index (χ2n) is 8.15. The summed E-state index contributed by atoms with van der Waals surface area (Å²) >= 11 is 0. The number of nitrogens with zero attached hydrogens (tertiary/aromatic N) is 2. The topological polar surface area (TPSA) is 70.1 Å². The lowest BCUT2D eigenvalue weighted by atomic mass is 9.85. The lowest BCUT2D eigenvalue weighted by Crippen LogP contribution is -2.24. The van der Waals surface area contributed by atoms with Crippen LogP contribution in [0, 0.1) is 11.6 Å². The smallest absolute Gasteiger partial charge is 0.338 e. The number of benzene rings is 3. The van der Waals surface area contributed by atoms with Gasteiger partial charge in [0.05, 0.1) is 19.0 Å². The van der Waals surface area contributed by atoms with Gasteiger partial charge in [-0.15, -0.1) is 0 Å². The molecule has 0 saturated carbocycles. The summed E-state index contributed by atoms with van der Waals surface area (Å²) in [5, 5.41) is 0. The number of hydrogen-bond acceptors (Lipinski definition) is 4. The molecule has 1 heterocycles. The van der Waals surface area contributed by atoms with Gasteiger partial charge >= 0.3 is 5.97 Å². The average Bonchev–Trinajstić information content (AvgIpc) is 3.37. The summed E-state index contributed by atoms with van der Waals surface area (Å²) in [6.07, 6.45) is 5.67. The molecule has 2 unspecified atom stereocenters. The molecule has 0 bridgehead atoms. The molecule has 7 heteroatoms. The van der Waals surface area contributed by atoms with Crippen LogP contribution in [0.1, 0.15) is 44.6 Å². The maximum absolute atomic E-state index is 13.6. The van der Waals surface area contributed by atoms with Crippen molar-refractivity contribution in [3.05, 3.63) is 125 Å². The maximum atomic E-state index is 13.6. The standard InChI is InChI=1S/C27H25F2N3O2/c1-34-27(33)24-15-21(5-4-20(24)14-18-2-8-22(28)9-3-18)26(30)25(16-32-13-12-31-17-32)19-6-10-23(29)11-7-19/h2-13,15,17,25-26H,14,16,30H2,1H3. The van der Waals surface area contributed by atoms with Gasteiger partial charge in [0.25, 0.3) is 0 Å². The monoisotopic (exact) mass is 461 g/mol. The number of methoxy groups -OCH3 is 1.